The van der Waals surface area contributed by atoms with Crippen LogP contribution in [-0.4, -0.2) is 0 Å². The second-order valence-electron chi connectivity index (χ2n) is 2.97. The van der Waals surface area contributed by atoms with Crippen LogP contribution in [0.4, 0.5) is 0 Å². The fourth-order valence-electron chi connectivity index (χ4n) is 1.04. The van der Waals surface area contributed by atoms with Gasteiger partial charge in [-0.25, -0.2) is 0 Å². The highest BCUT2D eigenvalue weighted by molar-refractivity contribution is 4.82. The van der Waals surface area contributed by atoms with Gasteiger partial charge in [-0.2, -0.15) is 0 Å². The smallest absolute Gasteiger partial charge is 0.0351 e. The molecule has 0 aliphatic heterocycles. The minimum Gasteiger partial charge on any atom is -0.0917 e. The second-order valence-corrected chi connectivity index (χ2v) is 2.97. The Kier molecular flexibility index (Phi) is 10.0. The van der Waals surface area contributed by atoms with Crippen molar-refractivity contribution in [3.05, 3.63) is 31.2 Å². The molecule has 0 fully saturated rings. The Labute approximate surface area is 77.4 Å². The molecule has 69 valence electrons. The summed E-state index contributed by atoms with van der Waals surface area (Å²) < 4.78 is 0. The third-order valence-electron chi connectivity index (χ3n) is 1.76. The zero-order valence-electron chi connectivity index (χ0n) is 8.26. The minimum absolute atomic E-state index is 1.02. The molecule has 0 aromatic carbocycles. The molecule has 0 spiro atoms. The van der Waals surface area contributed by atoms with Gasteiger partial charge in [-0.3, -0.25) is 0 Å². The van der Waals surface area contributed by atoms with Gasteiger partial charge in [0.25, 0.3) is 0 Å². The molecule has 0 N–H and O–H groups in total. The molecule has 0 saturated carbocycles. The summed E-state index contributed by atoms with van der Waals surface area (Å²) in [6, 6.07) is 0. The molecule has 0 amide bonds. The highest BCUT2D eigenvalue weighted by Crippen LogP contribution is 2.02. The number of unbranched alkanes of at least 4 members (excludes halogenated alkanes) is 4. The topological polar surface area (TPSA) is 0 Å². The van der Waals surface area contributed by atoms with Gasteiger partial charge in [-0.05, 0) is 45.4 Å². The Balaban J connectivity index is 2.99. The summed E-state index contributed by atoms with van der Waals surface area (Å²) in [6.45, 7) is 5.86. The van der Waals surface area contributed by atoms with E-state index in [0.717, 1.165) is 12.8 Å². The molecule has 0 rings (SSSR count). The average Bonchev–Trinajstić information content (AvgIpc) is 2.10. The van der Waals surface area contributed by atoms with Crippen LogP contribution in [0.3, 0.4) is 0 Å². The third kappa shape index (κ3) is 9.48. The quantitative estimate of drug-likeness (QED) is 0.390. The summed E-state index contributed by atoms with van der Waals surface area (Å²) in [4.78, 5) is 0. The van der Waals surface area contributed by atoms with Crippen molar-refractivity contribution in [3.63, 3.8) is 0 Å². The Bertz CT molecular complexity index is 120. The van der Waals surface area contributed by atoms with Crippen LogP contribution >= 0.6 is 0 Å². The van der Waals surface area contributed by atoms with Crippen molar-refractivity contribution < 1.29 is 0 Å². The maximum atomic E-state index is 3.78. The van der Waals surface area contributed by atoms with E-state index in [1.54, 1.807) is 0 Å². The highest BCUT2D eigenvalue weighted by Gasteiger charge is 1.82. The Hall–Kier alpha value is -0.520. The van der Waals surface area contributed by atoms with E-state index >= 15 is 0 Å². The molecule has 0 aromatic rings. The molecular formula is C12H21. The molecule has 0 unspecified atom stereocenters. The normalized spacial score (nSPS) is 11.8. The van der Waals surface area contributed by atoms with Gasteiger partial charge in [0.15, 0.2) is 0 Å². The summed E-state index contributed by atoms with van der Waals surface area (Å²) in [5.74, 6) is 0. The first-order valence-electron chi connectivity index (χ1n) is 4.97. The maximum absolute atomic E-state index is 3.78. The van der Waals surface area contributed by atoms with Gasteiger partial charge < -0.3 is 0 Å². The van der Waals surface area contributed by atoms with Gasteiger partial charge in [0.05, 0.1) is 0 Å². The number of hydrogen-bond donors (Lipinski definition) is 0. The van der Waals surface area contributed by atoms with E-state index in [0.29, 0.717) is 0 Å². The van der Waals surface area contributed by atoms with E-state index in [2.05, 4.69) is 38.2 Å². The van der Waals surface area contributed by atoms with E-state index in [4.69, 9.17) is 0 Å². The molecule has 0 nitrogen and oxygen atoms in total. The fourth-order valence-corrected chi connectivity index (χ4v) is 1.04. The van der Waals surface area contributed by atoms with E-state index in [-0.39, 0.29) is 0 Å². The minimum atomic E-state index is 1.02. The van der Waals surface area contributed by atoms with Crippen LogP contribution in [0.2, 0.25) is 0 Å². The summed E-state index contributed by atoms with van der Waals surface area (Å²) in [7, 11) is 0. The van der Waals surface area contributed by atoms with Crippen LogP contribution in [0.15, 0.2) is 24.3 Å². The van der Waals surface area contributed by atoms with Crippen molar-refractivity contribution in [3.8, 4) is 0 Å². The van der Waals surface area contributed by atoms with E-state index in [9.17, 15) is 0 Å². The summed E-state index contributed by atoms with van der Waals surface area (Å²) >= 11 is 0. The van der Waals surface area contributed by atoms with Gasteiger partial charge in [-0.1, -0.05) is 31.2 Å². The Morgan fingerprint density at radius 1 is 0.917 bits per heavy atom. The van der Waals surface area contributed by atoms with Crippen LogP contribution in [-0.2, 0) is 0 Å². The SMILES string of the molecule is [CH2]CC/C=C/CCCC/C=C/C. The molecule has 0 heteroatoms. The standard InChI is InChI=1S/C12H21/c1-3-5-7-9-11-12-10-8-6-4-2/h4,6-7,9H,1,3,5,8,10-12H2,2H3/b6-4+,9-7+. The van der Waals surface area contributed by atoms with Crippen molar-refractivity contribution in [1.82, 2.24) is 0 Å². The van der Waals surface area contributed by atoms with Crippen molar-refractivity contribution in [2.75, 3.05) is 0 Å². The Morgan fingerprint density at radius 3 is 2.08 bits per heavy atom. The number of hydrogen-bond acceptors (Lipinski definition) is 0. The summed E-state index contributed by atoms with van der Waals surface area (Å²) in [5, 5.41) is 0. The third-order valence-corrected chi connectivity index (χ3v) is 1.76. The number of allylic oxidation sites excluding steroid dienone is 4. The van der Waals surface area contributed by atoms with E-state index in [1.165, 1.54) is 25.7 Å². The molecule has 0 saturated heterocycles. The van der Waals surface area contributed by atoms with Crippen LogP contribution in [0.25, 0.3) is 0 Å². The van der Waals surface area contributed by atoms with Crippen LogP contribution in [0.1, 0.15) is 45.4 Å². The zero-order valence-corrected chi connectivity index (χ0v) is 8.26. The molecule has 0 atom stereocenters. The highest BCUT2D eigenvalue weighted by atomic mass is 13.9. The molecular weight excluding hydrogens is 144 g/mol. The van der Waals surface area contributed by atoms with E-state index in [1.807, 2.05) is 0 Å². The van der Waals surface area contributed by atoms with Gasteiger partial charge in [0, 0.05) is 0 Å². The van der Waals surface area contributed by atoms with Crippen molar-refractivity contribution in [2.24, 2.45) is 0 Å². The van der Waals surface area contributed by atoms with Crippen LogP contribution < -0.4 is 0 Å². The van der Waals surface area contributed by atoms with Gasteiger partial charge in [0.2, 0.25) is 0 Å². The largest absolute Gasteiger partial charge is 0.0917 e. The van der Waals surface area contributed by atoms with Gasteiger partial charge in [-0.15, -0.1) is 0 Å². The lowest BCUT2D eigenvalue weighted by Crippen LogP contribution is -1.72. The predicted octanol–water partition coefficient (Wildman–Crippen LogP) is 4.29. The lowest BCUT2D eigenvalue weighted by Gasteiger charge is -1.92. The fraction of sp³-hybridized carbons (Fsp3) is 0.583. The second kappa shape index (κ2) is 10.5. The van der Waals surface area contributed by atoms with Gasteiger partial charge >= 0.3 is 0 Å². The average molecular weight is 165 g/mol. The molecule has 0 aliphatic carbocycles. The first-order chi connectivity index (χ1) is 5.91. The monoisotopic (exact) mass is 165 g/mol. The van der Waals surface area contributed by atoms with Crippen LogP contribution in [0.5, 0.6) is 0 Å². The summed E-state index contributed by atoms with van der Waals surface area (Å²) in [6.07, 6.45) is 16.1. The van der Waals surface area contributed by atoms with Crippen LogP contribution in [0, 0.1) is 6.92 Å². The maximum Gasteiger partial charge on any atom is -0.0351 e. The van der Waals surface area contributed by atoms with Gasteiger partial charge in [0.1, 0.15) is 0 Å². The van der Waals surface area contributed by atoms with Crippen molar-refractivity contribution in [1.29, 1.82) is 0 Å². The van der Waals surface area contributed by atoms with Crippen molar-refractivity contribution in [2.45, 2.75) is 45.4 Å². The lowest BCUT2D eigenvalue weighted by atomic mass is 10.1. The molecule has 0 aliphatic rings. The molecule has 0 aromatic heterocycles. The van der Waals surface area contributed by atoms with Crippen molar-refractivity contribution >= 4 is 0 Å². The zero-order chi connectivity index (χ0) is 9.07. The molecule has 0 bridgehead atoms. The summed E-state index contributed by atoms with van der Waals surface area (Å²) in [5.41, 5.74) is 0. The molecule has 12 heavy (non-hydrogen) atoms. The number of rotatable bonds is 7. The van der Waals surface area contributed by atoms with E-state index < -0.39 is 0 Å². The Morgan fingerprint density at radius 2 is 1.50 bits per heavy atom. The molecule has 1 radical (unpaired) electrons. The first-order valence-corrected chi connectivity index (χ1v) is 4.97. The predicted molar refractivity (Wildman–Crippen MR) is 57.0 cm³/mol. The first kappa shape index (κ1) is 11.5. The lowest BCUT2D eigenvalue weighted by molar-refractivity contribution is 0.760. The molecule has 0 heterocycles.